The first-order valence-corrected chi connectivity index (χ1v) is 7.47. The lowest BCUT2D eigenvalue weighted by Crippen LogP contribution is -3.00. The van der Waals surface area contributed by atoms with Crippen LogP contribution < -0.4 is 22.5 Å². The van der Waals surface area contributed by atoms with E-state index in [1.807, 2.05) is 90.4 Å². The van der Waals surface area contributed by atoms with Crippen molar-refractivity contribution in [2.24, 2.45) is 34.5 Å². The molecule has 0 aliphatic carbocycles. The zero-order valence-electron chi connectivity index (χ0n) is 13.9. The molecule has 0 aliphatic heterocycles. The summed E-state index contributed by atoms with van der Waals surface area (Å²) in [6.07, 6.45) is 5.63. The SMILES string of the molecule is Cn1cccc/c1=N/N=C(\N=Nc1cccc[n+]1C)c1ccc[nH]1.[Cl-]. The van der Waals surface area contributed by atoms with Crippen LogP contribution in [0, 0.1) is 0 Å². The fraction of sp³-hybridized carbons (Fsp3) is 0.118. The van der Waals surface area contributed by atoms with Crippen LogP contribution in [0.1, 0.15) is 5.69 Å². The molecule has 0 amide bonds. The van der Waals surface area contributed by atoms with Crippen LogP contribution in [0.25, 0.3) is 0 Å². The van der Waals surface area contributed by atoms with Crippen LogP contribution in [-0.2, 0) is 14.1 Å². The van der Waals surface area contributed by atoms with Crippen LogP contribution in [-0.4, -0.2) is 15.4 Å². The Hall–Kier alpha value is -3.06. The van der Waals surface area contributed by atoms with Crippen LogP contribution in [0.4, 0.5) is 5.82 Å². The van der Waals surface area contributed by atoms with Crippen molar-refractivity contribution in [3.8, 4) is 0 Å². The third-order valence-electron chi connectivity index (χ3n) is 3.39. The number of hydrogen-bond acceptors (Lipinski definition) is 3. The molecule has 0 unspecified atom stereocenters. The molecule has 3 aromatic heterocycles. The van der Waals surface area contributed by atoms with Gasteiger partial charge in [-0.25, -0.2) is 4.57 Å². The Kier molecular flexibility index (Phi) is 6.36. The van der Waals surface area contributed by atoms with Gasteiger partial charge in [-0.1, -0.05) is 12.1 Å². The Morgan fingerprint density at radius 3 is 2.64 bits per heavy atom. The maximum atomic E-state index is 4.27. The van der Waals surface area contributed by atoms with E-state index in [4.69, 9.17) is 0 Å². The summed E-state index contributed by atoms with van der Waals surface area (Å²) in [5.74, 6) is 1.13. The van der Waals surface area contributed by atoms with Crippen LogP contribution >= 0.6 is 0 Å². The average Bonchev–Trinajstić information content (AvgIpc) is 3.12. The Morgan fingerprint density at radius 2 is 1.92 bits per heavy atom. The lowest BCUT2D eigenvalue weighted by atomic mass is 10.4. The number of pyridine rings is 2. The molecule has 3 rings (SSSR count). The topological polar surface area (TPSA) is 74.0 Å². The molecule has 8 heteroatoms. The van der Waals surface area contributed by atoms with E-state index in [-0.39, 0.29) is 12.4 Å². The molecule has 0 aromatic carbocycles. The zero-order chi connectivity index (χ0) is 16.8. The minimum absolute atomic E-state index is 0. The van der Waals surface area contributed by atoms with Crippen molar-refractivity contribution in [3.05, 3.63) is 78.3 Å². The van der Waals surface area contributed by atoms with Gasteiger partial charge in [-0.05, 0) is 35.4 Å². The molecule has 1 N–H and O–H groups in total. The maximum absolute atomic E-state index is 4.27. The van der Waals surface area contributed by atoms with Crippen molar-refractivity contribution < 1.29 is 17.0 Å². The second-order valence-electron chi connectivity index (χ2n) is 5.15. The molecule has 3 heterocycles. The predicted octanol–water partition coefficient (Wildman–Crippen LogP) is -0.772. The summed E-state index contributed by atoms with van der Waals surface area (Å²) >= 11 is 0. The lowest BCUT2D eigenvalue weighted by Gasteiger charge is -1.96. The van der Waals surface area contributed by atoms with Crippen LogP contribution in [0.2, 0.25) is 0 Å². The van der Waals surface area contributed by atoms with Gasteiger partial charge in [0, 0.05) is 25.5 Å². The second kappa shape index (κ2) is 8.70. The van der Waals surface area contributed by atoms with Gasteiger partial charge in [-0.3, -0.25) is 0 Å². The second-order valence-corrected chi connectivity index (χ2v) is 5.15. The van der Waals surface area contributed by atoms with E-state index >= 15 is 0 Å². The van der Waals surface area contributed by atoms with E-state index in [9.17, 15) is 0 Å². The number of rotatable bonds is 3. The number of nitrogens with one attached hydrogen (secondary N) is 1. The van der Waals surface area contributed by atoms with Crippen LogP contribution in [0.15, 0.2) is 87.6 Å². The van der Waals surface area contributed by atoms with E-state index in [1.54, 1.807) is 0 Å². The number of halogens is 1. The summed E-state index contributed by atoms with van der Waals surface area (Å²) in [7, 11) is 3.82. The number of aromatic nitrogens is 3. The van der Waals surface area contributed by atoms with Crippen molar-refractivity contribution in [1.82, 2.24) is 9.55 Å². The Morgan fingerprint density at radius 1 is 1.08 bits per heavy atom. The quantitative estimate of drug-likeness (QED) is 0.211. The van der Waals surface area contributed by atoms with Gasteiger partial charge in [0.25, 0.3) is 0 Å². The normalized spacial score (nSPS) is 12.4. The minimum Gasteiger partial charge on any atom is -1.00 e. The van der Waals surface area contributed by atoms with Gasteiger partial charge in [0.1, 0.15) is 0 Å². The molecule has 0 fully saturated rings. The van der Waals surface area contributed by atoms with Crippen LogP contribution in [0.5, 0.6) is 0 Å². The van der Waals surface area contributed by atoms with E-state index in [0.29, 0.717) is 5.84 Å². The number of azo groups is 1. The molecule has 0 spiro atoms. The average molecular weight is 356 g/mol. The fourth-order valence-electron chi connectivity index (χ4n) is 2.03. The first kappa shape index (κ1) is 18.3. The number of H-pyrrole nitrogens is 1. The minimum atomic E-state index is 0. The Balaban J connectivity index is 0.00000225. The molecule has 128 valence electrons. The Bertz CT molecular complexity index is 939. The molecule has 0 saturated carbocycles. The number of aryl methyl sites for hydroxylation is 2. The van der Waals surface area contributed by atoms with Crippen molar-refractivity contribution in [3.63, 3.8) is 0 Å². The van der Waals surface area contributed by atoms with Crippen molar-refractivity contribution >= 4 is 11.7 Å². The molecule has 3 aromatic rings. The smallest absolute Gasteiger partial charge is 0.350 e. The molecule has 0 saturated heterocycles. The highest BCUT2D eigenvalue weighted by Crippen LogP contribution is 2.07. The predicted molar refractivity (Wildman–Crippen MR) is 90.4 cm³/mol. The zero-order valence-corrected chi connectivity index (χ0v) is 14.7. The van der Waals surface area contributed by atoms with E-state index in [2.05, 4.69) is 25.4 Å². The van der Waals surface area contributed by atoms with Gasteiger partial charge in [-0.15, -0.1) is 10.2 Å². The monoisotopic (exact) mass is 355 g/mol. The summed E-state index contributed by atoms with van der Waals surface area (Å²) in [5, 5.41) is 17.1. The fourth-order valence-corrected chi connectivity index (χ4v) is 2.03. The van der Waals surface area contributed by atoms with Gasteiger partial charge >= 0.3 is 5.82 Å². The van der Waals surface area contributed by atoms with Gasteiger partial charge < -0.3 is 22.0 Å². The van der Waals surface area contributed by atoms with E-state index < -0.39 is 0 Å². The highest BCUT2D eigenvalue weighted by atomic mass is 35.5. The highest BCUT2D eigenvalue weighted by Gasteiger charge is 2.09. The van der Waals surface area contributed by atoms with E-state index in [1.165, 1.54) is 0 Å². The van der Waals surface area contributed by atoms with Crippen molar-refractivity contribution in [1.29, 1.82) is 0 Å². The summed E-state index contributed by atoms with van der Waals surface area (Å²) < 4.78 is 3.76. The molecule has 0 radical (unpaired) electrons. The van der Waals surface area contributed by atoms with E-state index in [0.717, 1.165) is 17.0 Å². The van der Waals surface area contributed by atoms with Gasteiger partial charge in [0.2, 0.25) is 5.84 Å². The largest absolute Gasteiger partial charge is 1.00 e. The summed E-state index contributed by atoms with van der Waals surface area (Å²) in [6, 6.07) is 15.2. The first-order chi connectivity index (χ1) is 11.7. The van der Waals surface area contributed by atoms with Crippen molar-refractivity contribution in [2.75, 3.05) is 0 Å². The maximum Gasteiger partial charge on any atom is 0.350 e. The number of amidine groups is 1. The Labute approximate surface area is 151 Å². The first-order valence-electron chi connectivity index (χ1n) is 7.47. The summed E-state index contributed by atoms with van der Waals surface area (Å²) in [4.78, 5) is 3.08. The number of hydrogen-bond donors (Lipinski definition) is 1. The van der Waals surface area contributed by atoms with Crippen molar-refractivity contribution in [2.45, 2.75) is 0 Å². The molecule has 25 heavy (non-hydrogen) atoms. The molecule has 0 aliphatic rings. The van der Waals surface area contributed by atoms with Gasteiger partial charge in [0.05, 0.1) is 24.1 Å². The summed E-state index contributed by atoms with van der Waals surface area (Å²) in [6.45, 7) is 0. The number of aromatic amines is 1. The highest BCUT2D eigenvalue weighted by molar-refractivity contribution is 5.97. The molecule has 7 nitrogen and oxygen atoms in total. The third-order valence-corrected chi connectivity index (χ3v) is 3.39. The van der Waals surface area contributed by atoms with Gasteiger partial charge in [-0.2, -0.15) is 0 Å². The lowest BCUT2D eigenvalue weighted by molar-refractivity contribution is -0.658. The number of nitrogens with zero attached hydrogens (tertiary/aromatic N) is 6. The molecular formula is C17H18ClN7. The third kappa shape index (κ3) is 4.71. The van der Waals surface area contributed by atoms with Crippen LogP contribution in [0.3, 0.4) is 0 Å². The summed E-state index contributed by atoms with van der Waals surface area (Å²) in [5.41, 5.74) is 1.47. The molecule has 0 atom stereocenters. The standard InChI is InChI=1S/C17H18N7.ClH/c1-23-12-5-3-9-15(23)19-21-17(14-8-7-11-18-14)22-20-16-10-4-6-13-24(16)2;/h3-13,18H,1-2H3;1H/q+1;/p-1. The molecular weight excluding hydrogens is 338 g/mol. The molecule has 0 bridgehead atoms. The van der Waals surface area contributed by atoms with Gasteiger partial charge in [0.15, 0.2) is 5.49 Å².